The first kappa shape index (κ1) is 14.1. The smallest absolute Gasteiger partial charge is 0.319 e. The van der Waals surface area contributed by atoms with Crippen molar-refractivity contribution in [2.75, 3.05) is 11.9 Å². The second kappa shape index (κ2) is 6.72. The minimum absolute atomic E-state index is 0.0370. The summed E-state index contributed by atoms with van der Waals surface area (Å²) in [7, 11) is 0. The van der Waals surface area contributed by atoms with Crippen molar-refractivity contribution >= 4 is 29.0 Å². The van der Waals surface area contributed by atoms with Gasteiger partial charge in [0.15, 0.2) is 0 Å². The van der Waals surface area contributed by atoms with Crippen LogP contribution in [0.5, 0.6) is 0 Å². The molecule has 0 aliphatic rings. The lowest BCUT2D eigenvalue weighted by Crippen LogP contribution is -2.34. The van der Waals surface area contributed by atoms with E-state index >= 15 is 0 Å². The third-order valence-corrected chi connectivity index (χ3v) is 3.43. The maximum absolute atomic E-state index is 11.7. The monoisotopic (exact) mass is 290 g/mol. The van der Waals surface area contributed by atoms with Gasteiger partial charge in [-0.25, -0.2) is 4.79 Å². The van der Waals surface area contributed by atoms with Crippen LogP contribution < -0.4 is 10.6 Å². The first-order chi connectivity index (χ1) is 9.66. The number of carboxylic acid groups (broad SMARTS) is 1. The molecule has 0 spiro atoms. The first-order valence-corrected chi connectivity index (χ1v) is 6.96. The SMILES string of the molecule is O=C(NCC(C(=O)O)c1ccccc1)Nc1ccsc1. The van der Waals surface area contributed by atoms with Crippen LogP contribution in [0.4, 0.5) is 10.5 Å². The fraction of sp³-hybridized carbons (Fsp3) is 0.143. The molecule has 1 unspecified atom stereocenters. The molecule has 0 aliphatic heterocycles. The molecule has 5 nitrogen and oxygen atoms in total. The number of carboxylic acids is 1. The Kier molecular flexibility index (Phi) is 4.73. The number of thiophene rings is 1. The van der Waals surface area contributed by atoms with Crippen molar-refractivity contribution in [1.29, 1.82) is 0 Å². The van der Waals surface area contributed by atoms with Crippen molar-refractivity contribution in [2.24, 2.45) is 0 Å². The van der Waals surface area contributed by atoms with E-state index < -0.39 is 17.9 Å². The molecular formula is C14H14N2O3S. The molecule has 2 amide bonds. The van der Waals surface area contributed by atoms with Crippen LogP contribution in [0.2, 0.25) is 0 Å². The zero-order valence-corrected chi connectivity index (χ0v) is 11.4. The Morgan fingerprint density at radius 2 is 1.95 bits per heavy atom. The molecule has 0 radical (unpaired) electrons. The molecule has 20 heavy (non-hydrogen) atoms. The summed E-state index contributed by atoms with van der Waals surface area (Å²) in [4.78, 5) is 22.9. The van der Waals surface area contributed by atoms with Gasteiger partial charge in [0.2, 0.25) is 0 Å². The first-order valence-electron chi connectivity index (χ1n) is 6.01. The molecule has 1 heterocycles. The Morgan fingerprint density at radius 1 is 1.20 bits per heavy atom. The number of amides is 2. The fourth-order valence-electron chi connectivity index (χ4n) is 1.74. The van der Waals surface area contributed by atoms with Crippen LogP contribution in [0.15, 0.2) is 47.2 Å². The average molecular weight is 290 g/mol. The standard InChI is InChI=1S/C14H14N2O3S/c17-13(18)12(10-4-2-1-3-5-10)8-15-14(19)16-11-6-7-20-9-11/h1-7,9,12H,8H2,(H,17,18)(H2,15,16,19). The van der Waals surface area contributed by atoms with E-state index in [1.165, 1.54) is 11.3 Å². The van der Waals surface area contributed by atoms with Gasteiger partial charge in [-0.3, -0.25) is 4.79 Å². The van der Waals surface area contributed by atoms with Crippen LogP contribution in [0.1, 0.15) is 11.5 Å². The van der Waals surface area contributed by atoms with E-state index in [1.807, 2.05) is 11.4 Å². The summed E-state index contributed by atoms with van der Waals surface area (Å²) in [6.45, 7) is 0.0370. The van der Waals surface area contributed by atoms with Crippen LogP contribution in [0.25, 0.3) is 0 Å². The van der Waals surface area contributed by atoms with Gasteiger partial charge in [0.25, 0.3) is 0 Å². The molecule has 3 N–H and O–H groups in total. The number of hydrogen-bond donors (Lipinski definition) is 3. The molecule has 1 aromatic heterocycles. The van der Waals surface area contributed by atoms with Crippen LogP contribution in [0, 0.1) is 0 Å². The fourth-order valence-corrected chi connectivity index (χ4v) is 2.33. The van der Waals surface area contributed by atoms with Crippen molar-refractivity contribution in [3.8, 4) is 0 Å². The number of hydrogen-bond acceptors (Lipinski definition) is 3. The second-order valence-electron chi connectivity index (χ2n) is 4.15. The Morgan fingerprint density at radius 3 is 2.55 bits per heavy atom. The number of urea groups is 1. The molecule has 0 aliphatic carbocycles. The summed E-state index contributed by atoms with van der Waals surface area (Å²) in [5, 5.41) is 18.1. The highest BCUT2D eigenvalue weighted by atomic mass is 32.1. The number of benzene rings is 1. The summed E-state index contributed by atoms with van der Waals surface area (Å²) in [5.74, 6) is -1.73. The van der Waals surface area contributed by atoms with Crippen molar-refractivity contribution in [3.63, 3.8) is 0 Å². The van der Waals surface area contributed by atoms with E-state index in [-0.39, 0.29) is 6.54 Å². The Balaban J connectivity index is 1.93. The quantitative estimate of drug-likeness (QED) is 0.792. The normalized spacial score (nSPS) is 11.6. The van der Waals surface area contributed by atoms with E-state index in [1.54, 1.807) is 35.7 Å². The van der Waals surface area contributed by atoms with E-state index in [0.29, 0.717) is 11.3 Å². The number of anilines is 1. The third kappa shape index (κ3) is 3.83. The molecule has 1 atom stereocenters. The van der Waals surface area contributed by atoms with Crippen molar-refractivity contribution in [1.82, 2.24) is 5.32 Å². The zero-order valence-electron chi connectivity index (χ0n) is 10.6. The molecule has 0 saturated carbocycles. The Bertz CT molecular complexity index is 569. The van der Waals surface area contributed by atoms with E-state index in [4.69, 9.17) is 0 Å². The summed E-state index contributed by atoms with van der Waals surface area (Å²) in [6, 6.07) is 10.2. The van der Waals surface area contributed by atoms with Gasteiger partial charge in [-0.05, 0) is 17.0 Å². The predicted molar refractivity (Wildman–Crippen MR) is 78.2 cm³/mol. The molecule has 104 valence electrons. The van der Waals surface area contributed by atoms with Crippen molar-refractivity contribution in [2.45, 2.75) is 5.92 Å². The molecule has 6 heteroatoms. The van der Waals surface area contributed by atoms with E-state index in [2.05, 4.69) is 10.6 Å². The Hall–Kier alpha value is -2.34. The third-order valence-electron chi connectivity index (χ3n) is 2.75. The average Bonchev–Trinajstić information content (AvgIpc) is 2.92. The van der Waals surface area contributed by atoms with Crippen LogP contribution in [0.3, 0.4) is 0 Å². The van der Waals surface area contributed by atoms with E-state index in [0.717, 1.165) is 0 Å². The number of nitrogens with one attached hydrogen (secondary N) is 2. The number of carbonyl (C=O) groups excluding carboxylic acids is 1. The number of rotatable bonds is 5. The van der Waals surface area contributed by atoms with Gasteiger partial charge >= 0.3 is 12.0 Å². The highest BCUT2D eigenvalue weighted by Crippen LogP contribution is 2.15. The molecule has 0 bridgehead atoms. The molecular weight excluding hydrogens is 276 g/mol. The maximum Gasteiger partial charge on any atom is 0.319 e. The Labute approximate surface area is 120 Å². The van der Waals surface area contributed by atoms with Crippen LogP contribution >= 0.6 is 11.3 Å². The summed E-state index contributed by atoms with van der Waals surface area (Å²) >= 11 is 1.47. The lowest BCUT2D eigenvalue weighted by molar-refractivity contribution is -0.138. The summed E-state index contributed by atoms with van der Waals surface area (Å²) in [5.41, 5.74) is 1.36. The molecule has 0 fully saturated rings. The minimum Gasteiger partial charge on any atom is -0.481 e. The predicted octanol–water partition coefficient (Wildman–Crippen LogP) is 2.74. The van der Waals surface area contributed by atoms with Crippen molar-refractivity contribution in [3.05, 3.63) is 52.7 Å². The lowest BCUT2D eigenvalue weighted by Gasteiger charge is -2.14. The van der Waals surface area contributed by atoms with E-state index in [9.17, 15) is 14.7 Å². The number of carbonyl (C=O) groups is 2. The summed E-state index contributed by atoms with van der Waals surface area (Å²) < 4.78 is 0. The van der Waals surface area contributed by atoms with Gasteiger partial charge in [-0.15, -0.1) is 0 Å². The topological polar surface area (TPSA) is 78.4 Å². The van der Waals surface area contributed by atoms with Gasteiger partial charge in [0.05, 0.1) is 11.6 Å². The number of aliphatic carboxylic acids is 1. The largest absolute Gasteiger partial charge is 0.481 e. The lowest BCUT2D eigenvalue weighted by atomic mass is 9.99. The van der Waals surface area contributed by atoms with Crippen LogP contribution in [-0.2, 0) is 4.79 Å². The van der Waals surface area contributed by atoms with Gasteiger partial charge in [0.1, 0.15) is 0 Å². The van der Waals surface area contributed by atoms with Gasteiger partial charge in [0, 0.05) is 11.9 Å². The minimum atomic E-state index is -0.966. The van der Waals surface area contributed by atoms with Gasteiger partial charge in [-0.2, -0.15) is 11.3 Å². The highest BCUT2D eigenvalue weighted by Gasteiger charge is 2.20. The zero-order chi connectivity index (χ0) is 14.4. The molecule has 0 saturated heterocycles. The van der Waals surface area contributed by atoms with Crippen LogP contribution in [-0.4, -0.2) is 23.7 Å². The van der Waals surface area contributed by atoms with Gasteiger partial charge in [-0.1, -0.05) is 30.3 Å². The second-order valence-corrected chi connectivity index (χ2v) is 4.93. The molecule has 2 rings (SSSR count). The summed E-state index contributed by atoms with van der Waals surface area (Å²) in [6.07, 6.45) is 0. The molecule has 1 aromatic carbocycles. The highest BCUT2D eigenvalue weighted by molar-refractivity contribution is 7.08. The van der Waals surface area contributed by atoms with Gasteiger partial charge < -0.3 is 15.7 Å². The van der Waals surface area contributed by atoms with Crippen molar-refractivity contribution < 1.29 is 14.7 Å². The maximum atomic E-state index is 11.7. The molecule has 2 aromatic rings.